The molecule has 3 heterocycles. The third kappa shape index (κ3) is 5.59. The number of ether oxygens (including phenoxy) is 1. The van der Waals surface area contributed by atoms with Crippen molar-refractivity contribution >= 4 is 21.6 Å². The van der Waals surface area contributed by atoms with Gasteiger partial charge in [0.25, 0.3) is 0 Å². The summed E-state index contributed by atoms with van der Waals surface area (Å²) in [7, 11) is 0. The number of fused-ring (bicyclic) bond motifs is 1. The highest BCUT2D eigenvalue weighted by molar-refractivity contribution is 7.16. The van der Waals surface area contributed by atoms with Crippen LogP contribution < -0.4 is 4.74 Å². The summed E-state index contributed by atoms with van der Waals surface area (Å²) in [4.78, 5) is 15.5. The number of nitrogens with zero attached hydrogens (tertiary/aromatic N) is 4. The molecule has 1 fully saturated rings. The molecule has 0 radical (unpaired) electrons. The number of hydrogen-bond donors (Lipinski definition) is 0. The lowest BCUT2D eigenvalue weighted by Gasteiger charge is -2.28. The lowest BCUT2D eigenvalue weighted by atomic mass is 10.1. The quantitative estimate of drug-likeness (QED) is 0.280. The molecule has 1 aliphatic rings. The second-order valence-corrected chi connectivity index (χ2v) is 9.32. The molecule has 0 saturated carbocycles. The normalized spacial score (nSPS) is 17.1. The summed E-state index contributed by atoms with van der Waals surface area (Å²) in [6.45, 7) is 1.78. The van der Waals surface area contributed by atoms with Gasteiger partial charge in [0.05, 0.1) is 21.5 Å². The molecule has 1 saturated heterocycles. The van der Waals surface area contributed by atoms with Crippen LogP contribution in [0.25, 0.3) is 21.5 Å². The first-order chi connectivity index (χ1) is 16.8. The van der Waals surface area contributed by atoms with Gasteiger partial charge < -0.3 is 9.64 Å². The monoisotopic (exact) mass is 502 g/mol. The first-order valence-electron chi connectivity index (χ1n) is 11.3. The van der Waals surface area contributed by atoms with Gasteiger partial charge in [-0.25, -0.2) is 14.4 Å². The molecule has 2 aromatic heterocycles. The summed E-state index contributed by atoms with van der Waals surface area (Å²) in [6, 6.07) is 12.0. The maximum atomic E-state index is 13.8. The summed E-state index contributed by atoms with van der Waals surface area (Å²) in [5.41, 5.74) is 2.67. The van der Waals surface area contributed by atoms with E-state index in [-0.39, 0.29) is 5.88 Å². The number of aromatic nitrogens is 3. The van der Waals surface area contributed by atoms with Crippen molar-refractivity contribution in [2.24, 2.45) is 0 Å². The van der Waals surface area contributed by atoms with E-state index in [2.05, 4.69) is 15.0 Å². The molecule has 2 aromatic carbocycles. The van der Waals surface area contributed by atoms with Crippen LogP contribution in [0.4, 0.5) is 17.6 Å². The fraction of sp³-hybridized carbons (Fsp3) is 0.320. The largest absolute Gasteiger partial charge is 0.437 e. The Bertz CT molecular complexity index is 1310. The van der Waals surface area contributed by atoms with Crippen molar-refractivity contribution in [2.75, 3.05) is 19.6 Å². The Morgan fingerprint density at radius 2 is 1.91 bits per heavy atom. The molecule has 0 spiro atoms. The van der Waals surface area contributed by atoms with Gasteiger partial charge in [-0.15, -0.1) is 11.3 Å². The van der Waals surface area contributed by atoms with E-state index in [0.29, 0.717) is 54.3 Å². The Morgan fingerprint density at radius 1 is 1.09 bits per heavy atom. The van der Waals surface area contributed by atoms with Crippen LogP contribution in [-0.4, -0.2) is 45.7 Å². The average molecular weight is 503 g/mol. The highest BCUT2D eigenvalue weighted by Crippen LogP contribution is 2.33. The molecular weight excluding hydrogens is 480 g/mol. The molecule has 4 aromatic rings. The van der Waals surface area contributed by atoms with Crippen LogP contribution in [0.15, 0.2) is 54.0 Å². The summed E-state index contributed by atoms with van der Waals surface area (Å²) in [6.07, 6.45) is -3.41. The number of para-hydroxylation sites is 1. The van der Waals surface area contributed by atoms with Crippen LogP contribution in [0.1, 0.15) is 24.2 Å². The van der Waals surface area contributed by atoms with Crippen molar-refractivity contribution in [3.05, 3.63) is 65.4 Å². The second-order valence-electron chi connectivity index (χ2n) is 8.43. The summed E-state index contributed by atoms with van der Waals surface area (Å²) >= 11 is 1.49. The third-order valence-electron chi connectivity index (χ3n) is 5.89. The van der Waals surface area contributed by atoms with Gasteiger partial charge >= 0.3 is 6.18 Å². The van der Waals surface area contributed by atoms with Gasteiger partial charge in [0.1, 0.15) is 17.5 Å². The predicted octanol–water partition coefficient (Wildman–Crippen LogP) is 6.54. The van der Waals surface area contributed by atoms with E-state index in [1.165, 1.54) is 23.5 Å². The zero-order valence-corrected chi connectivity index (χ0v) is 19.4. The SMILES string of the molecule is FC1CCCN(CCc2nc(Oc3cccc4scnc34)cc(-c3ccc(C(F)(F)F)cc3)n2)C1. The van der Waals surface area contributed by atoms with Crippen LogP contribution in [0.5, 0.6) is 11.6 Å². The van der Waals surface area contributed by atoms with E-state index >= 15 is 0 Å². The molecule has 182 valence electrons. The minimum Gasteiger partial charge on any atom is -0.437 e. The molecule has 5 nitrogen and oxygen atoms in total. The first kappa shape index (κ1) is 23.6. The lowest BCUT2D eigenvalue weighted by molar-refractivity contribution is -0.137. The molecule has 0 aliphatic carbocycles. The van der Waals surface area contributed by atoms with E-state index in [1.807, 2.05) is 17.0 Å². The molecule has 0 N–H and O–H groups in total. The highest BCUT2D eigenvalue weighted by Gasteiger charge is 2.30. The second kappa shape index (κ2) is 9.87. The van der Waals surface area contributed by atoms with Gasteiger partial charge in [-0.05, 0) is 43.7 Å². The van der Waals surface area contributed by atoms with Gasteiger partial charge in [-0.1, -0.05) is 18.2 Å². The fourth-order valence-electron chi connectivity index (χ4n) is 4.13. The molecular formula is C25H22F4N4OS. The van der Waals surface area contributed by atoms with Crippen molar-refractivity contribution < 1.29 is 22.3 Å². The van der Waals surface area contributed by atoms with Gasteiger partial charge in [0, 0.05) is 31.1 Å². The first-order valence-corrected chi connectivity index (χ1v) is 12.2. The van der Waals surface area contributed by atoms with Gasteiger partial charge in [0.2, 0.25) is 5.88 Å². The molecule has 0 amide bonds. The molecule has 5 rings (SSSR count). The van der Waals surface area contributed by atoms with Gasteiger partial charge in [-0.3, -0.25) is 0 Å². The number of alkyl halides is 4. The standard InChI is InChI=1S/C25H22F4N4OS/c26-18-3-2-11-33(14-18)12-10-22-31-19(16-6-8-17(9-7-16)25(27,28)29)13-23(32-22)34-20-4-1-5-21-24(20)30-15-35-21/h1,4-9,13,15,18H,2-3,10-12,14H2. The van der Waals surface area contributed by atoms with E-state index in [4.69, 9.17) is 4.74 Å². The van der Waals surface area contributed by atoms with Crippen molar-refractivity contribution in [1.29, 1.82) is 0 Å². The smallest absolute Gasteiger partial charge is 0.416 e. The van der Waals surface area contributed by atoms with Crippen molar-refractivity contribution in [3.63, 3.8) is 0 Å². The van der Waals surface area contributed by atoms with Crippen LogP contribution >= 0.6 is 11.3 Å². The topological polar surface area (TPSA) is 51.1 Å². The highest BCUT2D eigenvalue weighted by atomic mass is 32.1. The zero-order chi connectivity index (χ0) is 24.4. The Morgan fingerprint density at radius 3 is 2.69 bits per heavy atom. The summed E-state index contributed by atoms with van der Waals surface area (Å²) < 4.78 is 59.9. The molecule has 1 aliphatic heterocycles. The summed E-state index contributed by atoms with van der Waals surface area (Å²) in [5, 5.41) is 0. The number of benzene rings is 2. The molecule has 1 unspecified atom stereocenters. The Kier molecular flexibility index (Phi) is 6.66. The van der Waals surface area contributed by atoms with E-state index in [1.54, 1.807) is 17.6 Å². The van der Waals surface area contributed by atoms with Crippen molar-refractivity contribution in [3.8, 4) is 22.9 Å². The minimum atomic E-state index is -4.42. The van der Waals surface area contributed by atoms with E-state index in [0.717, 1.165) is 29.8 Å². The van der Waals surface area contributed by atoms with Crippen molar-refractivity contribution in [1.82, 2.24) is 19.9 Å². The lowest BCUT2D eigenvalue weighted by Crippen LogP contribution is -2.37. The van der Waals surface area contributed by atoms with E-state index in [9.17, 15) is 17.6 Å². The number of thiazole rings is 1. The molecule has 10 heteroatoms. The average Bonchev–Trinajstić information content (AvgIpc) is 3.32. The van der Waals surface area contributed by atoms with E-state index < -0.39 is 17.9 Å². The Hall–Kier alpha value is -3.11. The summed E-state index contributed by atoms with van der Waals surface area (Å²) in [5.74, 6) is 1.28. The molecule has 0 bridgehead atoms. The number of halogens is 4. The fourth-order valence-corrected chi connectivity index (χ4v) is 4.82. The number of likely N-dealkylation sites (tertiary alicyclic amines) is 1. The van der Waals surface area contributed by atoms with Gasteiger partial charge in [-0.2, -0.15) is 18.2 Å². The molecule has 35 heavy (non-hydrogen) atoms. The van der Waals surface area contributed by atoms with Crippen molar-refractivity contribution in [2.45, 2.75) is 31.6 Å². The number of piperidine rings is 1. The van der Waals surface area contributed by atoms with Crippen LogP contribution in [-0.2, 0) is 12.6 Å². The molecule has 1 atom stereocenters. The minimum absolute atomic E-state index is 0.271. The third-order valence-corrected chi connectivity index (χ3v) is 6.69. The van der Waals surface area contributed by atoms with Crippen LogP contribution in [0, 0.1) is 0 Å². The maximum absolute atomic E-state index is 13.8. The Balaban J connectivity index is 1.45. The number of hydrogen-bond acceptors (Lipinski definition) is 6. The van der Waals surface area contributed by atoms with Crippen LogP contribution in [0.2, 0.25) is 0 Å². The maximum Gasteiger partial charge on any atom is 0.416 e. The Labute approximate surface area is 203 Å². The van der Waals surface area contributed by atoms with Crippen LogP contribution in [0.3, 0.4) is 0 Å². The zero-order valence-electron chi connectivity index (χ0n) is 18.6. The number of rotatable bonds is 6. The van der Waals surface area contributed by atoms with Gasteiger partial charge in [0.15, 0.2) is 5.75 Å². The predicted molar refractivity (Wildman–Crippen MR) is 126 cm³/mol.